The Morgan fingerprint density at radius 2 is 1.93 bits per heavy atom. The molecule has 0 spiro atoms. The standard InChI is InChI=1S/C20H28N6O/c1-3-5-9-15(4-2)14-22-20(27)24-18-13-12-17(19(21)23-18)26-25-16-10-7-6-8-11-16/h6-8,10-13,15H,3-5,9,14H2,1-2H3,(H4,21,22,23,24,27). The van der Waals surface area contributed by atoms with Crippen LogP contribution in [0.3, 0.4) is 0 Å². The van der Waals surface area contributed by atoms with Crippen molar-refractivity contribution in [3.8, 4) is 0 Å². The van der Waals surface area contributed by atoms with Crippen molar-refractivity contribution in [3.05, 3.63) is 42.5 Å². The maximum atomic E-state index is 12.1. The molecule has 1 atom stereocenters. The zero-order valence-electron chi connectivity index (χ0n) is 16.0. The Labute approximate surface area is 160 Å². The first kappa shape index (κ1) is 20.4. The van der Waals surface area contributed by atoms with Crippen LogP contribution >= 0.6 is 0 Å². The number of azo groups is 1. The molecule has 2 rings (SSSR count). The second-order valence-corrected chi connectivity index (χ2v) is 6.39. The van der Waals surface area contributed by atoms with Crippen LogP contribution in [0.4, 0.5) is 27.8 Å². The largest absolute Gasteiger partial charge is 0.382 e. The van der Waals surface area contributed by atoms with Crippen LogP contribution in [-0.4, -0.2) is 17.6 Å². The molecule has 0 aliphatic heterocycles. The van der Waals surface area contributed by atoms with Gasteiger partial charge in [0.25, 0.3) is 0 Å². The highest BCUT2D eigenvalue weighted by Gasteiger charge is 2.09. The zero-order chi connectivity index (χ0) is 19.5. The van der Waals surface area contributed by atoms with Gasteiger partial charge in [-0.1, -0.05) is 51.3 Å². The molecule has 4 N–H and O–H groups in total. The second kappa shape index (κ2) is 10.9. The molecule has 1 heterocycles. The molecular formula is C20H28N6O. The van der Waals surface area contributed by atoms with Crippen LogP contribution < -0.4 is 16.4 Å². The molecular weight excluding hydrogens is 340 g/mol. The fraction of sp³-hybridized carbons (Fsp3) is 0.400. The van der Waals surface area contributed by atoms with E-state index in [-0.39, 0.29) is 11.8 Å². The number of nitrogens with zero attached hydrogens (tertiary/aromatic N) is 3. The lowest BCUT2D eigenvalue weighted by atomic mass is 9.99. The van der Waals surface area contributed by atoms with E-state index >= 15 is 0 Å². The van der Waals surface area contributed by atoms with E-state index in [9.17, 15) is 4.79 Å². The molecule has 0 saturated heterocycles. The molecule has 1 unspecified atom stereocenters. The molecule has 0 aliphatic carbocycles. The number of carbonyl (C=O) groups is 1. The first-order valence-electron chi connectivity index (χ1n) is 9.40. The summed E-state index contributed by atoms with van der Waals surface area (Å²) in [4.78, 5) is 16.2. The van der Waals surface area contributed by atoms with Gasteiger partial charge in [-0.25, -0.2) is 9.78 Å². The number of unbranched alkanes of at least 4 members (excludes halogenated alkanes) is 1. The number of amides is 2. The van der Waals surface area contributed by atoms with Crippen molar-refractivity contribution in [2.24, 2.45) is 16.1 Å². The number of hydrogen-bond donors (Lipinski definition) is 3. The van der Waals surface area contributed by atoms with E-state index in [1.165, 1.54) is 12.8 Å². The molecule has 0 bridgehead atoms. The minimum absolute atomic E-state index is 0.210. The van der Waals surface area contributed by atoms with Gasteiger partial charge in [-0.15, -0.1) is 5.11 Å². The van der Waals surface area contributed by atoms with Gasteiger partial charge in [-0.3, -0.25) is 5.32 Å². The van der Waals surface area contributed by atoms with Gasteiger partial charge in [0.05, 0.1) is 5.69 Å². The Balaban J connectivity index is 1.89. The SMILES string of the molecule is CCCCC(CC)CNC(=O)Nc1ccc(N=Nc2ccccc2)c(N)n1. The van der Waals surface area contributed by atoms with E-state index in [0.29, 0.717) is 24.0 Å². The van der Waals surface area contributed by atoms with E-state index in [4.69, 9.17) is 5.73 Å². The van der Waals surface area contributed by atoms with Crippen LogP contribution in [0.1, 0.15) is 39.5 Å². The lowest BCUT2D eigenvalue weighted by Gasteiger charge is -2.15. The number of aromatic nitrogens is 1. The molecule has 144 valence electrons. The minimum Gasteiger partial charge on any atom is -0.382 e. The van der Waals surface area contributed by atoms with E-state index in [1.54, 1.807) is 12.1 Å². The molecule has 0 saturated carbocycles. The Morgan fingerprint density at radius 1 is 1.15 bits per heavy atom. The molecule has 2 aromatic rings. The first-order valence-corrected chi connectivity index (χ1v) is 9.40. The highest BCUT2D eigenvalue weighted by molar-refractivity contribution is 5.88. The predicted molar refractivity (Wildman–Crippen MR) is 110 cm³/mol. The Bertz CT molecular complexity index is 747. The van der Waals surface area contributed by atoms with Crippen LogP contribution in [0.15, 0.2) is 52.7 Å². The van der Waals surface area contributed by atoms with E-state index in [2.05, 4.69) is 39.7 Å². The third kappa shape index (κ3) is 7.05. The summed E-state index contributed by atoms with van der Waals surface area (Å²) in [7, 11) is 0. The Kier molecular flexibility index (Phi) is 8.22. The monoisotopic (exact) mass is 368 g/mol. The number of urea groups is 1. The molecule has 0 aliphatic rings. The van der Waals surface area contributed by atoms with Gasteiger partial charge in [-0.05, 0) is 36.6 Å². The summed E-state index contributed by atoms with van der Waals surface area (Å²) in [5, 5.41) is 13.8. The Morgan fingerprint density at radius 3 is 2.59 bits per heavy atom. The maximum Gasteiger partial charge on any atom is 0.320 e. The number of anilines is 2. The minimum atomic E-state index is -0.282. The summed E-state index contributed by atoms with van der Waals surface area (Å²) >= 11 is 0. The van der Waals surface area contributed by atoms with Gasteiger partial charge >= 0.3 is 6.03 Å². The van der Waals surface area contributed by atoms with E-state index in [1.807, 2.05) is 30.3 Å². The van der Waals surface area contributed by atoms with Crippen molar-refractivity contribution >= 4 is 29.0 Å². The number of pyridine rings is 1. The van der Waals surface area contributed by atoms with Crippen molar-refractivity contribution in [2.75, 3.05) is 17.6 Å². The van der Waals surface area contributed by atoms with Gasteiger partial charge < -0.3 is 11.1 Å². The molecule has 7 nitrogen and oxygen atoms in total. The average molecular weight is 368 g/mol. The van der Waals surface area contributed by atoms with Crippen molar-refractivity contribution in [2.45, 2.75) is 39.5 Å². The van der Waals surface area contributed by atoms with Crippen molar-refractivity contribution in [1.82, 2.24) is 10.3 Å². The topological polar surface area (TPSA) is 105 Å². The number of carbonyl (C=O) groups excluding carboxylic acids is 1. The molecule has 27 heavy (non-hydrogen) atoms. The van der Waals surface area contributed by atoms with Crippen LogP contribution in [0.2, 0.25) is 0 Å². The fourth-order valence-electron chi connectivity index (χ4n) is 2.57. The van der Waals surface area contributed by atoms with Gasteiger partial charge in [0.1, 0.15) is 11.5 Å². The van der Waals surface area contributed by atoms with Crippen molar-refractivity contribution in [1.29, 1.82) is 0 Å². The number of hydrogen-bond acceptors (Lipinski definition) is 5. The van der Waals surface area contributed by atoms with Gasteiger partial charge in [0, 0.05) is 6.54 Å². The first-order chi connectivity index (χ1) is 13.1. The van der Waals surface area contributed by atoms with Crippen LogP contribution in [0.25, 0.3) is 0 Å². The third-order valence-corrected chi connectivity index (χ3v) is 4.27. The normalized spacial score (nSPS) is 12.1. The zero-order valence-corrected chi connectivity index (χ0v) is 16.0. The summed E-state index contributed by atoms with van der Waals surface area (Å²) in [6.07, 6.45) is 4.52. The summed E-state index contributed by atoms with van der Waals surface area (Å²) in [5.41, 5.74) is 7.11. The second-order valence-electron chi connectivity index (χ2n) is 6.39. The van der Waals surface area contributed by atoms with Gasteiger partial charge in [0.2, 0.25) is 0 Å². The maximum absolute atomic E-state index is 12.1. The predicted octanol–water partition coefficient (Wildman–Crippen LogP) is 5.42. The van der Waals surface area contributed by atoms with Crippen LogP contribution in [0, 0.1) is 5.92 Å². The molecule has 7 heteroatoms. The lowest BCUT2D eigenvalue weighted by Crippen LogP contribution is -2.33. The summed E-state index contributed by atoms with van der Waals surface area (Å²) < 4.78 is 0. The van der Waals surface area contributed by atoms with E-state index < -0.39 is 0 Å². The molecule has 0 radical (unpaired) electrons. The van der Waals surface area contributed by atoms with Gasteiger partial charge in [0.15, 0.2) is 5.82 Å². The Hall–Kier alpha value is -2.96. The third-order valence-electron chi connectivity index (χ3n) is 4.27. The van der Waals surface area contributed by atoms with Crippen LogP contribution in [-0.2, 0) is 0 Å². The summed E-state index contributed by atoms with van der Waals surface area (Å²) in [6.45, 7) is 4.97. The summed E-state index contributed by atoms with van der Waals surface area (Å²) in [5.74, 6) is 1.08. The number of benzene rings is 1. The number of nitrogens with two attached hydrogens (primary N) is 1. The molecule has 2 amide bonds. The molecule has 0 fully saturated rings. The smallest absolute Gasteiger partial charge is 0.320 e. The van der Waals surface area contributed by atoms with Gasteiger partial charge in [-0.2, -0.15) is 5.11 Å². The number of nitrogens with one attached hydrogen (secondary N) is 2. The van der Waals surface area contributed by atoms with Crippen molar-refractivity contribution in [3.63, 3.8) is 0 Å². The van der Waals surface area contributed by atoms with Crippen molar-refractivity contribution < 1.29 is 4.79 Å². The lowest BCUT2D eigenvalue weighted by molar-refractivity contribution is 0.249. The average Bonchev–Trinajstić information content (AvgIpc) is 2.68. The highest BCUT2D eigenvalue weighted by atomic mass is 16.2. The molecule has 1 aromatic heterocycles. The quantitative estimate of drug-likeness (QED) is 0.515. The van der Waals surface area contributed by atoms with Crippen LogP contribution in [0.5, 0.6) is 0 Å². The highest BCUT2D eigenvalue weighted by Crippen LogP contribution is 2.24. The number of rotatable bonds is 9. The number of nitrogen functional groups attached to an aromatic ring is 1. The van der Waals surface area contributed by atoms with E-state index in [0.717, 1.165) is 18.5 Å². The fourth-order valence-corrected chi connectivity index (χ4v) is 2.57. The molecule has 1 aromatic carbocycles. The summed E-state index contributed by atoms with van der Waals surface area (Å²) in [6, 6.07) is 12.4.